The van der Waals surface area contributed by atoms with Gasteiger partial charge in [0.1, 0.15) is 0 Å². The van der Waals surface area contributed by atoms with Gasteiger partial charge in [-0.05, 0) is 71.0 Å². The number of hydrogen-bond donors (Lipinski definition) is 1. The third kappa shape index (κ3) is 4.26. The fourth-order valence-electron chi connectivity index (χ4n) is 3.41. The van der Waals surface area contributed by atoms with Crippen molar-refractivity contribution in [3.8, 4) is 0 Å². The van der Waals surface area contributed by atoms with E-state index in [-0.39, 0.29) is 0 Å². The van der Waals surface area contributed by atoms with Crippen LogP contribution in [0.2, 0.25) is 0 Å². The Hall–Kier alpha value is -0.0800. The molecule has 3 unspecified atom stereocenters. The second-order valence-electron chi connectivity index (χ2n) is 6.30. The van der Waals surface area contributed by atoms with Crippen LogP contribution < -0.4 is 5.32 Å². The molecule has 2 aliphatic heterocycles. The maximum absolute atomic E-state index is 3.69. The molecular weight excluding hydrogens is 208 g/mol. The Bertz CT molecular complexity index is 211. The first-order valence-corrected chi connectivity index (χ1v) is 7.73. The van der Waals surface area contributed by atoms with Gasteiger partial charge < -0.3 is 10.2 Å². The SMILES string of the molecule is CC1CCCN(C(C)CC2CCCCN2)CC1. The molecule has 2 saturated heterocycles. The van der Waals surface area contributed by atoms with E-state index in [1.165, 1.54) is 64.6 Å². The summed E-state index contributed by atoms with van der Waals surface area (Å²) in [5, 5.41) is 3.69. The quantitative estimate of drug-likeness (QED) is 0.813. The Morgan fingerprint density at radius 1 is 1.12 bits per heavy atom. The Morgan fingerprint density at radius 3 is 2.76 bits per heavy atom. The Morgan fingerprint density at radius 2 is 2.00 bits per heavy atom. The molecule has 2 heterocycles. The average Bonchev–Trinajstić information content (AvgIpc) is 2.55. The fraction of sp³-hybridized carbons (Fsp3) is 1.00. The lowest BCUT2D eigenvalue weighted by Crippen LogP contribution is -2.42. The van der Waals surface area contributed by atoms with E-state index >= 15 is 0 Å². The highest BCUT2D eigenvalue weighted by Gasteiger charge is 2.22. The van der Waals surface area contributed by atoms with Gasteiger partial charge in [0.15, 0.2) is 0 Å². The predicted molar refractivity (Wildman–Crippen MR) is 74.3 cm³/mol. The van der Waals surface area contributed by atoms with Crippen LogP contribution in [0, 0.1) is 5.92 Å². The van der Waals surface area contributed by atoms with Gasteiger partial charge >= 0.3 is 0 Å². The monoisotopic (exact) mass is 238 g/mol. The predicted octanol–water partition coefficient (Wildman–Crippen LogP) is 3.03. The van der Waals surface area contributed by atoms with Crippen LogP contribution in [-0.4, -0.2) is 36.6 Å². The zero-order chi connectivity index (χ0) is 12.1. The third-order valence-electron chi connectivity index (χ3n) is 4.71. The molecule has 0 aliphatic carbocycles. The molecule has 100 valence electrons. The van der Waals surface area contributed by atoms with E-state index in [9.17, 15) is 0 Å². The molecular formula is C15H30N2. The van der Waals surface area contributed by atoms with Crippen molar-refractivity contribution in [2.45, 2.75) is 70.9 Å². The van der Waals surface area contributed by atoms with Gasteiger partial charge in [-0.3, -0.25) is 0 Å². The number of rotatable bonds is 3. The molecule has 2 heteroatoms. The summed E-state index contributed by atoms with van der Waals surface area (Å²) < 4.78 is 0. The van der Waals surface area contributed by atoms with Gasteiger partial charge in [0.2, 0.25) is 0 Å². The number of nitrogens with one attached hydrogen (secondary N) is 1. The van der Waals surface area contributed by atoms with E-state index in [2.05, 4.69) is 24.1 Å². The summed E-state index contributed by atoms with van der Waals surface area (Å²) in [6, 6.07) is 1.57. The summed E-state index contributed by atoms with van der Waals surface area (Å²) in [6.07, 6.45) is 9.81. The summed E-state index contributed by atoms with van der Waals surface area (Å²) in [5.74, 6) is 0.944. The summed E-state index contributed by atoms with van der Waals surface area (Å²) in [7, 11) is 0. The summed E-state index contributed by atoms with van der Waals surface area (Å²) in [5.41, 5.74) is 0. The molecule has 0 radical (unpaired) electrons. The summed E-state index contributed by atoms with van der Waals surface area (Å²) in [6.45, 7) is 8.75. The first kappa shape index (κ1) is 13.4. The lowest BCUT2D eigenvalue weighted by Gasteiger charge is -2.32. The molecule has 2 nitrogen and oxygen atoms in total. The van der Waals surface area contributed by atoms with Crippen LogP contribution >= 0.6 is 0 Å². The first-order valence-electron chi connectivity index (χ1n) is 7.73. The van der Waals surface area contributed by atoms with Gasteiger partial charge in [-0.15, -0.1) is 0 Å². The van der Waals surface area contributed by atoms with Gasteiger partial charge in [-0.25, -0.2) is 0 Å². The second-order valence-corrected chi connectivity index (χ2v) is 6.30. The van der Waals surface area contributed by atoms with Gasteiger partial charge in [0, 0.05) is 12.1 Å². The number of piperidine rings is 1. The largest absolute Gasteiger partial charge is 0.314 e. The lowest BCUT2D eigenvalue weighted by atomic mass is 9.98. The molecule has 0 amide bonds. The average molecular weight is 238 g/mol. The van der Waals surface area contributed by atoms with Crippen LogP contribution in [-0.2, 0) is 0 Å². The van der Waals surface area contributed by atoms with Crippen LogP contribution in [0.1, 0.15) is 58.8 Å². The van der Waals surface area contributed by atoms with Crippen LogP contribution in [0.4, 0.5) is 0 Å². The van der Waals surface area contributed by atoms with Crippen LogP contribution in [0.15, 0.2) is 0 Å². The Balaban J connectivity index is 1.75. The second kappa shape index (κ2) is 6.75. The molecule has 0 aromatic carbocycles. The number of hydrogen-bond acceptors (Lipinski definition) is 2. The molecule has 3 atom stereocenters. The van der Waals surface area contributed by atoms with Crippen LogP contribution in [0.3, 0.4) is 0 Å². The van der Waals surface area contributed by atoms with Crippen molar-refractivity contribution in [2.75, 3.05) is 19.6 Å². The first-order chi connectivity index (χ1) is 8.25. The van der Waals surface area contributed by atoms with Crippen molar-refractivity contribution >= 4 is 0 Å². The Labute approximate surface area is 107 Å². The molecule has 0 aromatic heterocycles. The van der Waals surface area contributed by atoms with Crippen molar-refractivity contribution in [3.05, 3.63) is 0 Å². The van der Waals surface area contributed by atoms with Gasteiger partial charge in [-0.1, -0.05) is 13.3 Å². The number of nitrogens with zero attached hydrogens (tertiary/aromatic N) is 1. The van der Waals surface area contributed by atoms with Crippen molar-refractivity contribution in [3.63, 3.8) is 0 Å². The molecule has 1 N–H and O–H groups in total. The van der Waals surface area contributed by atoms with E-state index in [0.717, 1.165) is 18.0 Å². The van der Waals surface area contributed by atoms with E-state index < -0.39 is 0 Å². The van der Waals surface area contributed by atoms with Crippen LogP contribution in [0.25, 0.3) is 0 Å². The van der Waals surface area contributed by atoms with E-state index in [1.807, 2.05) is 0 Å². The zero-order valence-corrected chi connectivity index (χ0v) is 11.8. The molecule has 0 saturated carbocycles. The number of likely N-dealkylation sites (tertiary alicyclic amines) is 1. The van der Waals surface area contributed by atoms with Crippen molar-refractivity contribution in [1.82, 2.24) is 10.2 Å². The standard InChI is InChI=1S/C15H30N2/c1-13-6-5-10-17(11-8-13)14(2)12-15-7-3-4-9-16-15/h13-16H,3-12H2,1-2H3. The molecule has 0 bridgehead atoms. The van der Waals surface area contributed by atoms with Crippen LogP contribution in [0.5, 0.6) is 0 Å². The van der Waals surface area contributed by atoms with E-state index in [0.29, 0.717) is 0 Å². The minimum Gasteiger partial charge on any atom is -0.314 e. The van der Waals surface area contributed by atoms with Gasteiger partial charge in [0.25, 0.3) is 0 Å². The minimum atomic E-state index is 0.774. The molecule has 0 spiro atoms. The van der Waals surface area contributed by atoms with E-state index in [1.54, 1.807) is 0 Å². The maximum Gasteiger partial charge on any atom is 0.00818 e. The summed E-state index contributed by atoms with van der Waals surface area (Å²) in [4.78, 5) is 2.74. The zero-order valence-electron chi connectivity index (χ0n) is 11.8. The fourth-order valence-corrected chi connectivity index (χ4v) is 3.41. The molecule has 2 aliphatic rings. The highest BCUT2D eigenvalue weighted by atomic mass is 15.2. The molecule has 2 rings (SSSR count). The normalized spacial score (nSPS) is 34.2. The van der Waals surface area contributed by atoms with Gasteiger partial charge in [-0.2, -0.15) is 0 Å². The van der Waals surface area contributed by atoms with Crippen molar-refractivity contribution in [1.29, 1.82) is 0 Å². The maximum atomic E-state index is 3.69. The van der Waals surface area contributed by atoms with Gasteiger partial charge in [0.05, 0.1) is 0 Å². The van der Waals surface area contributed by atoms with Crippen molar-refractivity contribution in [2.24, 2.45) is 5.92 Å². The smallest absolute Gasteiger partial charge is 0.00818 e. The highest BCUT2D eigenvalue weighted by molar-refractivity contribution is 4.80. The van der Waals surface area contributed by atoms with E-state index in [4.69, 9.17) is 0 Å². The topological polar surface area (TPSA) is 15.3 Å². The van der Waals surface area contributed by atoms with Crippen molar-refractivity contribution < 1.29 is 0 Å². The molecule has 2 fully saturated rings. The lowest BCUT2D eigenvalue weighted by molar-refractivity contribution is 0.184. The highest BCUT2D eigenvalue weighted by Crippen LogP contribution is 2.21. The third-order valence-corrected chi connectivity index (χ3v) is 4.71. The minimum absolute atomic E-state index is 0.774. The Kier molecular flexibility index (Phi) is 5.30. The summed E-state index contributed by atoms with van der Waals surface area (Å²) >= 11 is 0. The molecule has 0 aromatic rings. The molecule has 17 heavy (non-hydrogen) atoms.